The zero-order valence-electron chi connectivity index (χ0n) is 12.1. The Kier molecular flexibility index (Phi) is 3.52. The second-order valence-corrected chi connectivity index (χ2v) is 5.35. The number of primary amides is 1. The third-order valence-electron chi connectivity index (χ3n) is 3.83. The van der Waals surface area contributed by atoms with Crippen molar-refractivity contribution < 1.29 is 9.53 Å². The minimum absolute atomic E-state index is 0.272. The Morgan fingerprint density at radius 2 is 2.23 bits per heavy atom. The smallest absolute Gasteiger partial charge is 0.251 e. The van der Waals surface area contributed by atoms with Crippen LogP contribution in [0.25, 0.3) is 10.9 Å². The lowest BCUT2D eigenvalue weighted by molar-refractivity contribution is -0.118. The molecule has 1 aliphatic heterocycles. The highest BCUT2D eigenvalue weighted by atomic mass is 35.5. The highest BCUT2D eigenvalue weighted by Gasteiger charge is 2.48. The first-order valence-electron chi connectivity index (χ1n) is 6.65. The minimum atomic E-state index is -1.22. The van der Waals surface area contributed by atoms with Crippen LogP contribution in [0, 0.1) is 0 Å². The van der Waals surface area contributed by atoms with Crippen LogP contribution in [0.1, 0.15) is 12.5 Å². The van der Waals surface area contributed by atoms with E-state index in [2.05, 4.69) is 10.4 Å². The van der Waals surface area contributed by atoms with E-state index in [1.165, 1.54) is 11.6 Å². The van der Waals surface area contributed by atoms with Gasteiger partial charge >= 0.3 is 0 Å². The summed E-state index contributed by atoms with van der Waals surface area (Å²) in [6.07, 6.45) is 1.72. The number of carbonyl (C=O) groups is 1. The number of pyridine rings is 1. The number of hydrogen-bond acceptors (Lipinski definition) is 5. The number of nitrogens with one attached hydrogen (secondary N) is 1. The molecule has 0 fully saturated rings. The maximum atomic E-state index is 11.9. The molecular formula is C15H15ClN4O2. The number of ether oxygens (including phenoxy) is 1. The Labute approximate surface area is 132 Å². The molecule has 114 valence electrons. The summed E-state index contributed by atoms with van der Waals surface area (Å²) in [6, 6.07) is 9.36. The summed E-state index contributed by atoms with van der Waals surface area (Å²) < 4.78 is 6.85. The topological polar surface area (TPSA) is 80.5 Å². The van der Waals surface area contributed by atoms with Gasteiger partial charge in [-0.2, -0.15) is 5.43 Å². The van der Waals surface area contributed by atoms with Crippen LogP contribution in [0.3, 0.4) is 0 Å². The lowest BCUT2D eigenvalue weighted by Gasteiger charge is -2.30. The lowest BCUT2D eigenvalue weighted by atomic mass is 9.93. The molecular weight excluding hydrogens is 304 g/mol. The third kappa shape index (κ3) is 2.04. The van der Waals surface area contributed by atoms with E-state index in [-0.39, 0.29) is 5.57 Å². The van der Waals surface area contributed by atoms with Crippen LogP contribution in [0.15, 0.2) is 47.8 Å². The molecule has 1 amide bonds. The number of benzene rings is 1. The van der Waals surface area contributed by atoms with Crippen molar-refractivity contribution in [2.45, 2.75) is 12.6 Å². The van der Waals surface area contributed by atoms with E-state index in [9.17, 15) is 4.79 Å². The average Bonchev–Trinajstić information content (AvgIpc) is 2.79. The van der Waals surface area contributed by atoms with Gasteiger partial charge in [0.1, 0.15) is 0 Å². The molecule has 7 heteroatoms. The Balaban J connectivity index is 2.23. The molecule has 1 aromatic heterocycles. The van der Waals surface area contributed by atoms with Gasteiger partial charge in [0, 0.05) is 36.0 Å². The molecule has 6 nitrogen and oxygen atoms in total. The van der Waals surface area contributed by atoms with E-state index < -0.39 is 11.6 Å². The van der Waals surface area contributed by atoms with Crippen molar-refractivity contribution in [1.82, 2.24) is 14.9 Å². The van der Waals surface area contributed by atoms with Crippen molar-refractivity contribution in [3.63, 3.8) is 0 Å². The lowest BCUT2D eigenvalue weighted by Crippen LogP contribution is -2.47. The maximum absolute atomic E-state index is 11.9. The van der Waals surface area contributed by atoms with Gasteiger partial charge in [-0.25, -0.2) is 4.53 Å². The van der Waals surface area contributed by atoms with Gasteiger partial charge in [0.2, 0.25) is 0 Å². The Bertz CT molecular complexity index is 792. The van der Waals surface area contributed by atoms with Crippen molar-refractivity contribution in [1.29, 1.82) is 0 Å². The molecule has 0 bridgehead atoms. The number of allylic oxidation sites excluding steroid dienone is 1. The molecule has 2 aromatic rings. The highest BCUT2D eigenvalue weighted by Crippen LogP contribution is 2.40. The monoisotopic (exact) mass is 318 g/mol. The summed E-state index contributed by atoms with van der Waals surface area (Å²) in [5.74, 6) is -0.596. The zero-order valence-corrected chi connectivity index (χ0v) is 12.9. The Hall–Kier alpha value is -2.15. The Morgan fingerprint density at radius 1 is 1.45 bits per heavy atom. The van der Waals surface area contributed by atoms with Crippen LogP contribution < -0.4 is 11.2 Å². The standard InChI is InChI=1S/C15H15ClN4O2/c1-9-13(14(17)21)15(22-2,19-20(9)16)11-5-6-12-10(8-11)4-3-7-18-12/h3-8,19H,1-2H3,(H2,17,21). The number of fused-ring (bicyclic) bond motifs is 1. The summed E-state index contributed by atoms with van der Waals surface area (Å²) in [4.78, 5) is 16.2. The van der Waals surface area contributed by atoms with E-state index in [1.807, 2.05) is 30.3 Å². The van der Waals surface area contributed by atoms with Crippen molar-refractivity contribution >= 4 is 28.6 Å². The molecule has 2 heterocycles. The fourth-order valence-electron chi connectivity index (χ4n) is 2.75. The van der Waals surface area contributed by atoms with E-state index in [0.29, 0.717) is 11.3 Å². The summed E-state index contributed by atoms with van der Waals surface area (Å²) in [7, 11) is 1.49. The number of rotatable bonds is 3. The molecule has 3 N–H and O–H groups in total. The van der Waals surface area contributed by atoms with Crippen LogP contribution in [-0.2, 0) is 15.3 Å². The van der Waals surface area contributed by atoms with Gasteiger partial charge in [0.05, 0.1) is 16.8 Å². The predicted octanol–water partition coefficient (Wildman–Crippen LogP) is 1.77. The first-order valence-corrected chi connectivity index (χ1v) is 6.98. The molecule has 1 aromatic carbocycles. The number of hydrogen-bond donors (Lipinski definition) is 2. The number of carbonyl (C=O) groups excluding carboxylic acids is 1. The van der Waals surface area contributed by atoms with Gasteiger partial charge in [-0.1, -0.05) is 12.1 Å². The average molecular weight is 319 g/mol. The van der Waals surface area contributed by atoms with Crippen molar-refractivity contribution in [3.05, 3.63) is 53.4 Å². The van der Waals surface area contributed by atoms with Crippen molar-refractivity contribution in [2.75, 3.05) is 7.11 Å². The number of halogens is 1. The SMILES string of the molecule is COC1(c2ccc3ncccc3c2)NN(Cl)C(C)=C1C(N)=O. The second-order valence-electron chi connectivity index (χ2n) is 5.01. The predicted molar refractivity (Wildman–Crippen MR) is 83.2 cm³/mol. The number of hydrazine groups is 1. The van der Waals surface area contributed by atoms with Crippen molar-refractivity contribution in [3.8, 4) is 0 Å². The quantitative estimate of drug-likeness (QED) is 0.843. The summed E-state index contributed by atoms with van der Waals surface area (Å²) in [5.41, 5.74) is 9.61. The van der Waals surface area contributed by atoms with Crippen LogP contribution in [0.4, 0.5) is 0 Å². The van der Waals surface area contributed by atoms with Gasteiger partial charge in [-0.05, 0) is 25.1 Å². The number of aromatic nitrogens is 1. The molecule has 0 saturated heterocycles. The van der Waals surface area contributed by atoms with E-state index in [0.717, 1.165) is 10.9 Å². The molecule has 1 atom stereocenters. The van der Waals surface area contributed by atoms with Crippen LogP contribution >= 0.6 is 11.8 Å². The molecule has 1 aliphatic rings. The molecule has 22 heavy (non-hydrogen) atoms. The Morgan fingerprint density at radius 3 is 2.91 bits per heavy atom. The van der Waals surface area contributed by atoms with Crippen molar-refractivity contribution in [2.24, 2.45) is 5.73 Å². The molecule has 0 radical (unpaired) electrons. The number of nitrogens with two attached hydrogens (primary N) is 1. The largest absolute Gasteiger partial charge is 0.366 e. The van der Waals surface area contributed by atoms with Gasteiger partial charge in [0.25, 0.3) is 5.91 Å². The summed E-state index contributed by atoms with van der Waals surface area (Å²) in [6.45, 7) is 1.70. The molecule has 0 spiro atoms. The van der Waals surface area contributed by atoms with Gasteiger partial charge in [-0.3, -0.25) is 9.78 Å². The van der Waals surface area contributed by atoms with Crippen LogP contribution in [-0.4, -0.2) is 22.5 Å². The molecule has 1 unspecified atom stereocenters. The summed E-state index contributed by atoms with van der Waals surface area (Å²) >= 11 is 6.10. The zero-order chi connectivity index (χ0) is 15.9. The normalized spacial score (nSPS) is 21.7. The van der Waals surface area contributed by atoms with E-state index >= 15 is 0 Å². The number of nitrogens with zero attached hydrogens (tertiary/aromatic N) is 2. The molecule has 0 saturated carbocycles. The van der Waals surface area contributed by atoms with Gasteiger partial charge < -0.3 is 10.5 Å². The van der Waals surface area contributed by atoms with Gasteiger partial charge in [-0.15, -0.1) is 0 Å². The second kappa shape index (κ2) is 5.24. The summed E-state index contributed by atoms with van der Waals surface area (Å²) in [5, 5.41) is 0.924. The number of methoxy groups -OCH3 is 1. The van der Waals surface area contributed by atoms with Crippen LogP contribution in [0.5, 0.6) is 0 Å². The highest BCUT2D eigenvalue weighted by molar-refractivity contribution is 6.15. The molecule has 3 rings (SSSR count). The molecule has 0 aliphatic carbocycles. The third-order valence-corrected chi connectivity index (χ3v) is 4.16. The maximum Gasteiger partial charge on any atom is 0.251 e. The van der Waals surface area contributed by atoms with E-state index in [4.69, 9.17) is 22.2 Å². The van der Waals surface area contributed by atoms with E-state index in [1.54, 1.807) is 13.1 Å². The minimum Gasteiger partial charge on any atom is -0.366 e. The first kappa shape index (κ1) is 14.8. The number of amides is 1. The van der Waals surface area contributed by atoms with Gasteiger partial charge in [0.15, 0.2) is 5.72 Å². The fraction of sp³-hybridized carbons (Fsp3) is 0.200. The fourth-order valence-corrected chi connectivity index (χ4v) is 2.96. The first-order chi connectivity index (χ1) is 10.5. The van der Waals surface area contributed by atoms with Crippen LogP contribution in [0.2, 0.25) is 0 Å².